The van der Waals surface area contributed by atoms with Crippen molar-refractivity contribution in [3.63, 3.8) is 0 Å². The van der Waals surface area contributed by atoms with Gasteiger partial charge in [-0.2, -0.15) is 0 Å². The minimum atomic E-state index is 0.708. The van der Waals surface area contributed by atoms with Gasteiger partial charge in [-0.1, -0.05) is 87.4 Å². The first-order chi connectivity index (χ1) is 15.3. The van der Waals surface area contributed by atoms with E-state index in [0.29, 0.717) is 13.2 Å². The van der Waals surface area contributed by atoms with Crippen LogP contribution >= 0.6 is 0 Å². The van der Waals surface area contributed by atoms with Crippen molar-refractivity contribution < 1.29 is 4.74 Å². The summed E-state index contributed by atoms with van der Waals surface area (Å²) in [7, 11) is 0. The Morgan fingerprint density at radius 1 is 0.839 bits per heavy atom. The topological polar surface area (TPSA) is 9.23 Å². The fourth-order valence-corrected chi connectivity index (χ4v) is 5.84. The Morgan fingerprint density at radius 3 is 2.00 bits per heavy atom. The van der Waals surface area contributed by atoms with Gasteiger partial charge in [0.05, 0.1) is 13.2 Å². The first kappa shape index (κ1) is 24.3. The van der Waals surface area contributed by atoms with Gasteiger partial charge in [-0.3, -0.25) is 0 Å². The van der Waals surface area contributed by atoms with Crippen LogP contribution < -0.4 is 0 Å². The van der Waals surface area contributed by atoms with Crippen LogP contribution in [-0.2, 0) is 11.3 Å². The number of allylic oxidation sites excluding steroid dienone is 2. The monoisotopic (exact) mass is 422 g/mol. The maximum absolute atomic E-state index is 5.67. The van der Waals surface area contributed by atoms with E-state index in [4.69, 9.17) is 4.74 Å². The molecule has 172 valence electrons. The molecule has 2 aliphatic carbocycles. The zero-order valence-corrected chi connectivity index (χ0v) is 20.1. The van der Waals surface area contributed by atoms with Crippen molar-refractivity contribution in [2.75, 3.05) is 6.61 Å². The maximum Gasteiger partial charge on any atom is 0.0721 e. The second-order valence-electron chi connectivity index (χ2n) is 10.2. The summed E-state index contributed by atoms with van der Waals surface area (Å²) in [4.78, 5) is 0. The fourth-order valence-electron chi connectivity index (χ4n) is 5.84. The summed E-state index contributed by atoms with van der Waals surface area (Å²) in [6.45, 7) is 7.31. The van der Waals surface area contributed by atoms with Crippen molar-refractivity contribution in [3.05, 3.63) is 60.2 Å². The summed E-state index contributed by atoms with van der Waals surface area (Å²) in [6.07, 6.45) is 24.8. The fraction of sp³-hybridized carbons (Fsp3) is 0.667. The molecule has 1 aromatic carbocycles. The predicted molar refractivity (Wildman–Crippen MR) is 134 cm³/mol. The number of ether oxygens (including phenoxy) is 1. The second-order valence-corrected chi connectivity index (χ2v) is 10.2. The van der Waals surface area contributed by atoms with Gasteiger partial charge in [0.15, 0.2) is 0 Å². The standard InChI is InChI=1S/C30H46O/c1-3-5-7-8-25-9-11-26(12-10-25)13-14-27-15-19-29(20-16-27)30-21-17-28(18-22-30)24-31-23-6-4-2/h3-4,6,17-18,21-22,25-27,29H,1,5,7-16,19-20,23-24H2,2H3/t25-,26-,27?,29?. The first-order valence-corrected chi connectivity index (χ1v) is 13.2. The summed E-state index contributed by atoms with van der Waals surface area (Å²) < 4.78 is 5.67. The average Bonchev–Trinajstić information content (AvgIpc) is 2.82. The third kappa shape index (κ3) is 8.60. The Balaban J connectivity index is 1.30. The van der Waals surface area contributed by atoms with E-state index in [1.807, 2.05) is 13.0 Å². The molecule has 0 N–H and O–H groups in total. The highest BCUT2D eigenvalue weighted by atomic mass is 16.5. The lowest BCUT2D eigenvalue weighted by molar-refractivity contribution is 0.148. The largest absolute Gasteiger partial charge is 0.373 e. The van der Waals surface area contributed by atoms with Gasteiger partial charge in [0.25, 0.3) is 0 Å². The molecular formula is C30H46O. The molecule has 3 rings (SSSR count). The van der Waals surface area contributed by atoms with Crippen LogP contribution in [0, 0.1) is 17.8 Å². The molecule has 31 heavy (non-hydrogen) atoms. The van der Waals surface area contributed by atoms with Crippen molar-refractivity contribution >= 4 is 0 Å². The van der Waals surface area contributed by atoms with Crippen LogP contribution in [0.5, 0.6) is 0 Å². The molecule has 0 aromatic heterocycles. The molecule has 0 radical (unpaired) electrons. The van der Waals surface area contributed by atoms with Crippen molar-refractivity contribution in [1.82, 2.24) is 0 Å². The number of rotatable bonds is 12. The number of hydrogen-bond donors (Lipinski definition) is 0. The molecule has 0 saturated heterocycles. The van der Waals surface area contributed by atoms with E-state index in [0.717, 1.165) is 23.7 Å². The summed E-state index contributed by atoms with van der Waals surface area (Å²) >= 11 is 0. The van der Waals surface area contributed by atoms with Crippen LogP contribution in [0.15, 0.2) is 49.1 Å². The minimum Gasteiger partial charge on any atom is -0.373 e. The van der Waals surface area contributed by atoms with Gasteiger partial charge in [0.1, 0.15) is 0 Å². The molecule has 1 nitrogen and oxygen atoms in total. The van der Waals surface area contributed by atoms with Crippen molar-refractivity contribution in [2.45, 2.75) is 103 Å². The molecular weight excluding hydrogens is 376 g/mol. The Morgan fingerprint density at radius 2 is 1.42 bits per heavy atom. The van der Waals surface area contributed by atoms with Crippen LogP contribution in [0.4, 0.5) is 0 Å². The lowest BCUT2D eigenvalue weighted by Gasteiger charge is -2.32. The van der Waals surface area contributed by atoms with E-state index in [1.165, 1.54) is 89.0 Å². The zero-order chi connectivity index (χ0) is 21.7. The maximum atomic E-state index is 5.67. The molecule has 2 saturated carbocycles. The molecule has 0 heterocycles. The van der Waals surface area contributed by atoms with Crippen LogP contribution in [0.25, 0.3) is 0 Å². The molecule has 1 aromatic rings. The molecule has 0 unspecified atom stereocenters. The van der Waals surface area contributed by atoms with E-state index in [1.54, 1.807) is 5.56 Å². The lowest BCUT2D eigenvalue weighted by Crippen LogP contribution is -2.17. The molecule has 1 heteroatoms. The number of hydrogen-bond acceptors (Lipinski definition) is 1. The normalized spacial score (nSPS) is 26.9. The average molecular weight is 423 g/mol. The zero-order valence-electron chi connectivity index (χ0n) is 20.1. The Kier molecular flexibility index (Phi) is 10.9. The van der Waals surface area contributed by atoms with Crippen LogP contribution in [0.2, 0.25) is 0 Å². The molecule has 0 bridgehead atoms. The van der Waals surface area contributed by atoms with Gasteiger partial charge in [-0.05, 0) is 80.2 Å². The molecule has 0 atom stereocenters. The van der Waals surface area contributed by atoms with Crippen molar-refractivity contribution in [3.8, 4) is 0 Å². The van der Waals surface area contributed by atoms with E-state index in [2.05, 4.69) is 43.0 Å². The Bertz CT molecular complexity index is 627. The smallest absolute Gasteiger partial charge is 0.0721 e. The predicted octanol–water partition coefficient (Wildman–Crippen LogP) is 9.00. The second kappa shape index (κ2) is 13.9. The summed E-state index contributed by atoms with van der Waals surface area (Å²) in [5, 5.41) is 0. The summed E-state index contributed by atoms with van der Waals surface area (Å²) in [5.41, 5.74) is 2.84. The van der Waals surface area contributed by atoms with Crippen molar-refractivity contribution in [2.24, 2.45) is 17.8 Å². The molecule has 0 amide bonds. The van der Waals surface area contributed by atoms with Crippen LogP contribution in [-0.4, -0.2) is 6.61 Å². The van der Waals surface area contributed by atoms with E-state index >= 15 is 0 Å². The molecule has 2 aliphatic rings. The molecule has 2 fully saturated rings. The minimum absolute atomic E-state index is 0.708. The van der Waals surface area contributed by atoms with Gasteiger partial charge in [-0.25, -0.2) is 0 Å². The number of benzene rings is 1. The van der Waals surface area contributed by atoms with Gasteiger partial charge in [0, 0.05) is 0 Å². The van der Waals surface area contributed by atoms with Gasteiger partial charge >= 0.3 is 0 Å². The highest BCUT2D eigenvalue weighted by molar-refractivity contribution is 5.25. The summed E-state index contributed by atoms with van der Waals surface area (Å²) in [5.74, 6) is 3.80. The van der Waals surface area contributed by atoms with E-state index < -0.39 is 0 Å². The molecule has 0 spiro atoms. The third-order valence-electron chi connectivity index (χ3n) is 7.99. The van der Waals surface area contributed by atoms with Gasteiger partial charge in [0.2, 0.25) is 0 Å². The van der Waals surface area contributed by atoms with Crippen molar-refractivity contribution in [1.29, 1.82) is 0 Å². The first-order valence-electron chi connectivity index (χ1n) is 13.2. The van der Waals surface area contributed by atoms with Gasteiger partial charge < -0.3 is 4.74 Å². The lowest BCUT2D eigenvalue weighted by atomic mass is 9.74. The van der Waals surface area contributed by atoms with Gasteiger partial charge in [-0.15, -0.1) is 6.58 Å². The molecule has 0 aliphatic heterocycles. The highest BCUT2D eigenvalue weighted by Gasteiger charge is 2.25. The quantitative estimate of drug-likeness (QED) is 0.241. The number of unbranched alkanes of at least 4 members (excludes halogenated alkanes) is 1. The highest BCUT2D eigenvalue weighted by Crippen LogP contribution is 2.40. The Hall–Kier alpha value is -1.34. The van der Waals surface area contributed by atoms with Crippen LogP contribution in [0.1, 0.15) is 107 Å². The summed E-state index contributed by atoms with van der Waals surface area (Å²) in [6, 6.07) is 9.25. The van der Waals surface area contributed by atoms with E-state index in [-0.39, 0.29) is 0 Å². The third-order valence-corrected chi connectivity index (χ3v) is 7.99. The van der Waals surface area contributed by atoms with E-state index in [9.17, 15) is 0 Å². The SMILES string of the molecule is C=CCCC[C@H]1CC[C@H](CCC2CCC(c3ccc(COCC=CC)cc3)CC2)CC1. The van der Waals surface area contributed by atoms with Crippen LogP contribution in [0.3, 0.4) is 0 Å². The Labute approximate surface area is 192 Å².